The summed E-state index contributed by atoms with van der Waals surface area (Å²) in [6.45, 7) is 3.21. The molecule has 2 N–H and O–H groups in total. The molecule has 5 nitrogen and oxygen atoms in total. The van der Waals surface area contributed by atoms with Crippen LogP contribution in [0.4, 0.5) is 5.82 Å². The minimum Gasteiger partial charge on any atom is -0.392 e. The van der Waals surface area contributed by atoms with Crippen molar-refractivity contribution in [1.29, 1.82) is 0 Å². The Morgan fingerprint density at radius 1 is 1.63 bits per heavy atom. The number of nitrogens with one attached hydrogen (secondary N) is 1. The molecule has 2 atom stereocenters. The number of aliphatic hydroxyl groups excluding tert-OH is 1. The van der Waals surface area contributed by atoms with E-state index in [1.807, 2.05) is 11.8 Å². The Balaban J connectivity index is 1.93. The van der Waals surface area contributed by atoms with Crippen molar-refractivity contribution in [2.75, 3.05) is 18.4 Å². The van der Waals surface area contributed by atoms with E-state index in [1.165, 1.54) is 6.20 Å². The lowest BCUT2D eigenvalue weighted by Crippen LogP contribution is -2.48. The van der Waals surface area contributed by atoms with Crippen molar-refractivity contribution in [2.24, 2.45) is 0 Å². The highest BCUT2D eigenvalue weighted by molar-refractivity contribution is 6.30. The quantitative estimate of drug-likeness (QED) is 0.883. The van der Waals surface area contributed by atoms with Crippen molar-refractivity contribution >= 4 is 23.3 Å². The van der Waals surface area contributed by atoms with Gasteiger partial charge < -0.3 is 10.4 Å². The molecule has 0 aromatic carbocycles. The number of carbonyl (C=O) groups excluding carboxylic acids is 1. The third kappa shape index (κ3) is 3.89. The van der Waals surface area contributed by atoms with Crippen LogP contribution in [-0.2, 0) is 4.79 Å². The van der Waals surface area contributed by atoms with Gasteiger partial charge in [0.05, 0.1) is 17.2 Å². The molecule has 0 aliphatic carbocycles. The standard InChI is InChI=1S/C13H18ClN3O2/c1-9(17-6-2-3-11(18)8-17)13(19)16-12-5-4-10(14)7-15-12/h4-5,7,9,11,18H,2-3,6,8H2,1H3,(H,15,16,19)/t9-,11+/m1/s1. The van der Waals surface area contributed by atoms with Gasteiger partial charge in [0.25, 0.3) is 0 Å². The monoisotopic (exact) mass is 283 g/mol. The lowest BCUT2D eigenvalue weighted by atomic mass is 10.1. The zero-order valence-electron chi connectivity index (χ0n) is 10.8. The molecule has 2 heterocycles. The van der Waals surface area contributed by atoms with Crippen LogP contribution in [0.5, 0.6) is 0 Å². The fourth-order valence-corrected chi connectivity index (χ4v) is 2.29. The molecule has 0 unspecified atom stereocenters. The maximum atomic E-state index is 12.1. The van der Waals surface area contributed by atoms with Crippen molar-refractivity contribution in [3.05, 3.63) is 23.4 Å². The largest absolute Gasteiger partial charge is 0.392 e. The van der Waals surface area contributed by atoms with Gasteiger partial charge in [-0.3, -0.25) is 9.69 Å². The number of carbonyl (C=O) groups is 1. The van der Waals surface area contributed by atoms with Crippen LogP contribution >= 0.6 is 11.6 Å². The van der Waals surface area contributed by atoms with Crippen LogP contribution in [0, 0.1) is 0 Å². The first-order valence-electron chi connectivity index (χ1n) is 6.41. The number of amides is 1. The van der Waals surface area contributed by atoms with Crippen molar-refractivity contribution in [3.8, 4) is 0 Å². The predicted octanol–water partition coefficient (Wildman–Crippen LogP) is 1.52. The number of likely N-dealkylation sites (tertiary alicyclic amines) is 1. The number of piperidine rings is 1. The van der Waals surface area contributed by atoms with Gasteiger partial charge in [-0.15, -0.1) is 0 Å². The normalized spacial score (nSPS) is 21.9. The Morgan fingerprint density at radius 3 is 3.05 bits per heavy atom. The van der Waals surface area contributed by atoms with E-state index >= 15 is 0 Å². The smallest absolute Gasteiger partial charge is 0.242 e. The summed E-state index contributed by atoms with van der Waals surface area (Å²) in [4.78, 5) is 18.1. The van der Waals surface area contributed by atoms with E-state index in [1.54, 1.807) is 12.1 Å². The molecule has 1 aromatic heterocycles. The Hall–Kier alpha value is -1.17. The van der Waals surface area contributed by atoms with Crippen molar-refractivity contribution in [1.82, 2.24) is 9.88 Å². The Morgan fingerprint density at radius 2 is 2.42 bits per heavy atom. The van der Waals surface area contributed by atoms with Gasteiger partial charge in [0.15, 0.2) is 0 Å². The van der Waals surface area contributed by atoms with Crippen LogP contribution in [0.1, 0.15) is 19.8 Å². The first kappa shape index (κ1) is 14.2. The Bertz CT molecular complexity index is 438. The van der Waals surface area contributed by atoms with Crippen LogP contribution in [0.2, 0.25) is 5.02 Å². The van der Waals surface area contributed by atoms with Crippen molar-refractivity contribution < 1.29 is 9.90 Å². The van der Waals surface area contributed by atoms with E-state index in [9.17, 15) is 9.90 Å². The second kappa shape index (κ2) is 6.32. The number of rotatable bonds is 3. The van der Waals surface area contributed by atoms with E-state index in [0.29, 0.717) is 17.4 Å². The average Bonchev–Trinajstić information content (AvgIpc) is 2.40. The summed E-state index contributed by atoms with van der Waals surface area (Å²) in [5, 5.41) is 12.9. The van der Waals surface area contributed by atoms with Gasteiger partial charge in [0.1, 0.15) is 5.82 Å². The number of aromatic nitrogens is 1. The van der Waals surface area contributed by atoms with Crippen LogP contribution in [0.3, 0.4) is 0 Å². The second-order valence-electron chi connectivity index (χ2n) is 4.82. The molecule has 1 aromatic rings. The molecular weight excluding hydrogens is 266 g/mol. The fourth-order valence-electron chi connectivity index (χ4n) is 2.18. The van der Waals surface area contributed by atoms with Gasteiger partial charge in [-0.1, -0.05) is 11.6 Å². The highest BCUT2D eigenvalue weighted by Gasteiger charge is 2.26. The Labute approximate surface area is 117 Å². The summed E-state index contributed by atoms with van der Waals surface area (Å²) < 4.78 is 0. The molecule has 19 heavy (non-hydrogen) atoms. The first-order valence-corrected chi connectivity index (χ1v) is 6.78. The summed E-state index contributed by atoms with van der Waals surface area (Å²) >= 11 is 5.74. The predicted molar refractivity (Wildman–Crippen MR) is 74.2 cm³/mol. The van der Waals surface area contributed by atoms with Gasteiger partial charge in [-0.05, 0) is 38.4 Å². The number of nitrogens with zero attached hydrogens (tertiary/aromatic N) is 2. The molecule has 0 bridgehead atoms. The Kier molecular flexibility index (Phi) is 4.74. The minimum atomic E-state index is -0.336. The number of halogens is 1. The van der Waals surface area contributed by atoms with E-state index in [0.717, 1.165) is 19.4 Å². The van der Waals surface area contributed by atoms with E-state index < -0.39 is 0 Å². The highest BCUT2D eigenvalue weighted by Crippen LogP contribution is 2.15. The van der Waals surface area contributed by atoms with Crippen LogP contribution < -0.4 is 5.32 Å². The number of β-amino-alcohol motifs (C(OH)–C–C–N with tert-alkyl or cyclic N) is 1. The summed E-state index contributed by atoms with van der Waals surface area (Å²) in [7, 11) is 0. The van der Waals surface area contributed by atoms with Crippen LogP contribution in [-0.4, -0.2) is 46.1 Å². The SMILES string of the molecule is C[C@H](C(=O)Nc1ccc(Cl)cn1)N1CCC[C@H](O)C1. The molecule has 6 heteroatoms. The van der Waals surface area contributed by atoms with E-state index in [2.05, 4.69) is 10.3 Å². The van der Waals surface area contributed by atoms with E-state index in [4.69, 9.17) is 11.6 Å². The number of hydrogen-bond acceptors (Lipinski definition) is 4. The molecule has 0 spiro atoms. The molecule has 2 rings (SSSR count). The summed E-state index contributed by atoms with van der Waals surface area (Å²) in [5.74, 6) is 0.364. The van der Waals surface area contributed by atoms with Gasteiger partial charge in [-0.25, -0.2) is 4.98 Å². The molecule has 104 valence electrons. The first-order chi connectivity index (χ1) is 9.06. The molecule has 1 fully saturated rings. The van der Waals surface area contributed by atoms with E-state index in [-0.39, 0.29) is 18.1 Å². The van der Waals surface area contributed by atoms with Gasteiger partial charge in [-0.2, -0.15) is 0 Å². The van der Waals surface area contributed by atoms with Crippen molar-refractivity contribution in [2.45, 2.75) is 31.9 Å². The number of aliphatic hydroxyl groups is 1. The van der Waals surface area contributed by atoms with Gasteiger partial charge >= 0.3 is 0 Å². The molecule has 1 aliphatic rings. The molecule has 1 aliphatic heterocycles. The van der Waals surface area contributed by atoms with Crippen LogP contribution in [0.25, 0.3) is 0 Å². The zero-order valence-corrected chi connectivity index (χ0v) is 11.6. The third-order valence-electron chi connectivity index (χ3n) is 3.33. The van der Waals surface area contributed by atoms with Crippen LogP contribution in [0.15, 0.2) is 18.3 Å². The topological polar surface area (TPSA) is 65.5 Å². The molecule has 0 saturated carbocycles. The zero-order chi connectivity index (χ0) is 13.8. The lowest BCUT2D eigenvalue weighted by Gasteiger charge is -2.33. The maximum Gasteiger partial charge on any atom is 0.242 e. The highest BCUT2D eigenvalue weighted by atomic mass is 35.5. The van der Waals surface area contributed by atoms with Gasteiger partial charge in [0.2, 0.25) is 5.91 Å². The molecule has 1 saturated heterocycles. The molecule has 1 amide bonds. The van der Waals surface area contributed by atoms with Crippen molar-refractivity contribution in [3.63, 3.8) is 0 Å². The number of anilines is 1. The number of pyridine rings is 1. The summed E-state index contributed by atoms with van der Waals surface area (Å²) in [6.07, 6.45) is 2.88. The average molecular weight is 284 g/mol. The fraction of sp³-hybridized carbons (Fsp3) is 0.538. The summed E-state index contributed by atoms with van der Waals surface area (Å²) in [5.41, 5.74) is 0. The minimum absolute atomic E-state index is 0.121. The second-order valence-corrected chi connectivity index (χ2v) is 5.25. The number of hydrogen-bond donors (Lipinski definition) is 2. The van der Waals surface area contributed by atoms with Gasteiger partial charge in [0, 0.05) is 12.7 Å². The third-order valence-corrected chi connectivity index (χ3v) is 3.56. The lowest BCUT2D eigenvalue weighted by molar-refractivity contribution is -0.121. The summed E-state index contributed by atoms with van der Waals surface area (Å²) in [6, 6.07) is 3.06. The molecule has 0 radical (unpaired) electrons. The molecular formula is C13H18ClN3O2. The maximum absolute atomic E-state index is 12.1.